The first kappa shape index (κ1) is 27.4. The first-order valence-electron chi connectivity index (χ1n) is 10.9. The fourth-order valence-electron chi connectivity index (χ4n) is 3.87. The summed E-state index contributed by atoms with van der Waals surface area (Å²) in [7, 11) is -2.64. The van der Waals surface area contributed by atoms with E-state index in [1.165, 1.54) is 42.3 Å². The number of nitro groups is 1. The number of halogens is 2. The number of hydrogen-bond acceptors (Lipinski definition) is 9. The van der Waals surface area contributed by atoms with Crippen molar-refractivity contribution in [3.05, 3.63) is 85.9 Å². The molecule has 11 nitrogen and oxygen atoms in total. The molecule has 0 aromatic heterocycles. The highest BCUT2D eigenvalue weighted by Gasteiger charge is 2.32. The molecule has 14 heteroatoms. The summed E-state index contributed by atoms with van der Waals surface area (Å²) in [5.41, 5.74) is -0.0983. The number of nitro benzene ring substituents is 1. The number of nitrogens with zero attached hydrogens (tertiary/aromatic N) is 5. The molecule has 1 aliphatic heterocycles. The summed E-state index contributed by atoms with van der Waals surface area (Å²) in [6.07, 6.45) is 0. The Kier molecular flexibility index (Phi) is 7.47. The van der Waals surface area contributed by atoms with Crippen LogP contribution in [-0.4, -0.2) is 26.3 Å². The molecule has 3 aromatic rings. The Morgan fingerprint density at radius 1 is 1.08 bits per heavy atom. The summed E-state index contributed by atoms with van der Waals surface area (Å²) >= 11 is 12.8. The summed E-state index contributed by atoms with van der Waals surface area (Å²) < 4.78 is 34.0. The van der Waals surface area contributed by atoms with Crippen molar-refractivity contribution in [1.82, 2.24) is 0 Å². The van der Waals surface area contributed by atoms with E-state index in [-0.39, 0.29) is 54.8 Å². The molecule has 3 aromatic carbocycles. The van der Waals surface area contributed by atoms with Gasteiger partial charge in [-0.1, -0.05) is 23.2 Å². The average Bonchev–Trinajstić information content (AvgIpc) is 2.89. The van der Waals surface area contributed by atoms with Gasteiger partial charge in [0.25, 0.3) is 15.7 Å². The third-order valence-electron chi connectivity index (χ3n) is 5.60. The van der Waals surface area contributed by atoms with Gasteiger partial charge in [0.05, 0.1) is 44.0 Å². The molecule has 0 bridgehead atoms. The maximum Gasteiger partial charge on any atom is 0.272 e. The van der Waals surface area contributed by atoms with Crippen LogP contribution in [0.2, 0.25) is 10.0 Å². The summed E-state index contributed by atoms with van der Waals surface area (Å²) in [6, 6.07) is 16.0. The zero-order chi connectivity index (χ0) is 28.5. The number of sulfonamides is 1. The lowest BCUT2D eigenvalue weighted by molar-refractivity contribution is -0.384. The molecule has 1 N–H and O–H groups in total. The smallest absolute Gasteiger partial charge is 0.272 e. The topological polar surface area (TPSA) is 162 Å². The molecule has 0 amide bonds. The summed E-state index contributed by atoms with van der Waals surface area (Å²) in [4.78, 5) is 16.2. The van der Waals surface area contributed by atoms with Gasteiger partial charge in [-0.2, -0.15) is 10.5 Å². The van der Waals surface area contributed by atoms with Crippen LogP contribution in [0, 0.1) is 32.8 Å². The van der Waals surface area contributed by atoms with Crippen molar-refractivity contribution in [1.29, 1.82) is 10.5 Å². The fourth-order valence-corrected chi connectivity index (χ4v) is 5.60. The van der Waals surface area contributed by atoms with Crippen LogP contribution in [0.25, 0.3) is 5.70 Å². The zero-order valence-electron chi connectivity index (χ0n) is 20.1. The predicted molar refractivity (Wildman–Crippen MR) is 147 cm³/mol. The Morgan fingerprint density at radius 3 is 2.23 bits per heavy atom. The number of anilines is 2. The van der Waals surface area contributed by atoms with Crippen molar-refractivity contribution in [2.24, 2.45) is 4.99 Å². The van der Waals surface area contributed by atoms with Crippen molar-refractivity contribution in [3.8, 4) is 17.9 Å². The number of fused-ring (bicyclic) bond motifs is 1. The van der Waals surface area contributed by atoms with Crippen LogP contribution >= 0.6 is 23.2 Å². The van der Waals surface area contributed by atoms with Crippen LogP contribution in [0.1, 0.15) is 12.5 Å². The van der Waals surface area contributed by atoms with Gasteiger partial charge in [-0.3, -0.25) is 19.7 Å². The van der Waals surface area contributed by atoms with E-state index >= 15 is 0 Å². The SMILES string of the molecule is COc1ccc(NS(=O)(=O)c2ccc3c(c2)C(=C(C#N)C#N)N(c2c(Cl)cc([N+](=O)[O-])cc2Cl)C(C)=N3)cc1. The maximum atomic E-state index is 13.2. The van der Waals surface area contributed by atoms with Crippen LogP contribution in [0.3, 0.4) is 0 Å². The number of hydrogen-bond donors (Lipinski definition) is 1. The van der Waals surface area contributed by atoms with Gasteiger partial charge >= 0.3 is 0 Å². The summed E-state index contributed by atoms with van der Waals surface area (Å²) in [6.45, 7) is 1.55. The number of rotatable bonds is 6. The number of nitriles is 2. The summed E-state index contributed by atoms with van der Waals surface area (Å²) in [5.74, 6) is 0.768. The van der Waals surface area contributed by atoms with Crippen molar-refractivity contribution >= 4 is 67.5 Å². The van der Waals surface area contributed by atoms with Crippen LogP contribution < -0.4 is 14.4 Å². The van der Waals surface area contributed by atoms with Crippen molar-refractivity contribution in [2.45, 2.75) is 11.8 Å². The van der Waals surface area contributed by atoms with Gasteiger partial charge in [-0.15, -0.1) is 0 Å². The highest BCUT2D eigenvalue weighted by molar-refractivity contribution is 7.92. The van der Waals surface area contributed by atoms with E-state index in [0.29, 0.717) is 5.75 Å². The molecule has 0 atom stereocenters. The Morgan fingerprint density at radius 2 is 1.69 bits per heavy atom. The standard InChI is InChI=1S/C25H16Cl2N6O5S/c1-14-30-23-8-7-19(39(36,37)31-16-3-5-18(38-2)6-4-16)11-20(23)24(15(12-28)13-29)32(14)25-21(26)9-17(33(34)35)10-22(25)27/h3-11,31H,1-2H3. The molecule has 196 valence electrons. The molecule has 0 aliphatic carbocycles. The number of allylic oxidation sites excluding steroid dienone is 1. The minimum absolute atomic E-state index is 0.0263. The molecule has 0 radical (unpaired) electrons. The lowest BCUT2D eigenvalue weighted by atomic mass is 10.0. The van der Waals surface area contributed by atoms with Gasteiger partial charge in [0, 0.05) is 23.4 Å². The van der Waals surface area contributed by atoms with E-state index in [0.717, 1.165) is 12.1 Å². The van der Waals surface area contributed by atoms with E-state index in [9.17, 15) is 29.1 Å². The van der Waals surface area contributed by atoms with Gasteiger partial charge in [0.15, 0.2) is 5.57 Å². The van der Waals surface area contributed by atoms with Crippen LogP contribution in [0.4, 0.5) is 22.7 Å². The van der Waals surface area contributed by atoms with E-state index in [1.54, 1.807) is 19.1 Å². The molecule has 0 saturated heterocycles. The third kappa shape index (κ3) is 5.22. The Bertz CT molecular complexity index is 1730. The number of ether oxygens (including phenoxy) is 1. The van der Waals surface area contributed by atoms with Gasteiger partial charge in [0.2, 0.25) is 0 Å². The van der Waals surface area contributed by atoms with E-state index < -0.39 is 20.5 Å². The average molecular weight is 583 g/mol. The number of nitrogens with one attached hydrogen (secondary N) is 1. The van der Waals surface area contributed by atoms with E-state index in [4.69, 9.17) is 27.9 Å². The van der Waals surface area contributed by atoms with Crippen molar-refractivity contribution in [3.63, 3.8) is 0 Å². The Hall–Kier alpha value is -4.62. The number of amidine groups is 1. The molecule has 0 saturated carbocycles. The van der Waals surface area contributed by atoms with Crippen LogP contribution in [0.5, 0.6) is 5.75 Å². The molecular weight excluding hydrogens is 567 g/mol. The molecule has 1 aliphatic rings. The highest BCUT2D eigenvalue weighted by atomic mass is 35.5. The minimum Gasteiger partial charge on any atom is -0.497 e. The van der Waals surface area contributed by atoms with Gasteiger partial charge in [-0.25, -0.2) is 13.4 Å². The first-order chi connectivity index (χ1) is 18.5. The first-order valence-corrected chi connectivity index (χ1v) is 13.1. The van der Waals surface area contributed by atoms with E-state index in [2.05, 4.69) is 9.71 Å². The number of aliphatic imine (C=N–C) groups is 1. The second-order valence-corrected chi connectivity index (χ2v) is 10.5. The molecule has 0 spiro atoms. The largest absolute Gasteiger partial charge is 0.497 e. The molecule has 1 heterocycles. The maximum absolute atomic E-state index is 13.2. The van der Waals surface area contributed by atoms with Crippen LogP contribution in [-0.2, 0) is 10.0 Å². The number of methoxy groups -OCH3 is 1. The quantitative estimate of drug-likeness (QED) is 0.209. The van der Waals surface area contributed by atoms with Crippen molar-refractivity contribution < 1.29 is 18.1 Å². The molecule has 4 rings (SSSR count). The monoisotopic (exact) mass is 582 g/mol. The Balaban J connectivity index is 1.90. The van der Waals surface area contributed by atoms with Crippen LogP contribution in [0.15, 0.2) is 70.1 Å². The van der Waals surface area contributed by atoms with E-state index in [1.807, 2.05) is 12.1 Å². The molecule has 39 heavy (non-hydrogen) atoms. The lowest BCUT2D eigenvalue weighted by Gasteiger charge is -2.33. The van der Waals surface area contributed by atoms with Gasteiger partial charge < -0.3 is 4.74 Å². The fraction of sp³-hybridized carbons (Fsp3) is 0.0800. The van der Waals surface area contributed by atoms with Crippen molar-refractivity contribution in [2.75, 3.05) is 16.7 Å². The number of non-ortho nitro benzene ring substituents is 1. The second-order valence-electron chi connectivity index (χ2n) is 7.97. The van der Waals surface area contributed by atoms with Gasteiger partial charge in [0.1, 0.15) is 23.7 Å². The molecular formula is C25H16Cl2N6O5S. The molecule has 0 fully saturated rings. The number of benzene rings is 3. The molecule has 0 unspecified atom stereocenters. The lowest BCUT2D eigenvalue weighted by Crippen LogP contribution is -2.31. The zero-order valence-corrected chi connectivity index (χ0v) is 22.5. The normalized spacial score (nSPS) is 12.5. The van der Waals surface area contributed by atoms with Gasteiger partial charge in [-0.05, 0) is 49.4 Å². The second kappa shape index (κ2) is 10.6. The highest BCUT2D eigenvalue weighted by Crippen LogP contribution is 2.46. The summed E-state index contributed by atoms with van der Waals surface area (Å²) in [5, 5.41) is 30.5. The predicted octanol–water partition coefficient (Wildman–Crippen LogP) is 6.04. The Labute approximate surface area is 233 Å². The minimum atomic E-state index is -4.13. The third-order valence-corrected chi connectivity index (χ3v) is 7.56.